The lowest BCUT2D eigenvalue weighted by Gasteiger charge is -2.24. The molecule has 1 aromatic carbocycles. The van der Waals surface area contributed by atoms with Crippen LogP contribution in [0.1, 0.15) is 13.3 Å². The molecule has 0 amide bonds. The van der Waals surface area contributed by atoms with E-state index in [2.05, 4.69) is 10.3 Å². The maximum atomic E-state index is 11.3. The Bertz CT molecular complexity index is 580. The van der Waals surface area contributed by atoms with Crippen molar-refractivity contribution < 1.29 is 9.90 Å². The number of carboxylic acids is 1. The minimum Gasteiger partial charge on any atom is -0.480 e. The van der Waals surface area contributed by atoms with Crippen molar-refractivity contribution in [1.29, 1.82) is 0 Å². The number of aromatic nitrogens is 2. The van der Waals surface area contributed by atoms with Crippen LogP contribution in [0.5, 0.6) is 0 Å². The molecule has 5 heteroatoms. The molecule has 0 fully saturated rings. The molecule has 0 saturated carbocycles. The van der Waals surface area contributed by atoms with Crippen LogP contribution in [0.25, 0.3) is 11.4 Å². The Labute approximate surface area is 118 Å². The van der Waals surface area contributed by atoms with Gasteiger partial charge in [0.1, 0.15) is 11.4 Å². The molecule has 0 radical (unpaired) electrons. The summed E-state index contributed by atoms with van der Waals surface area (Å²) in [5.74, 6) is 0.0100. The van der Waals surface area contributed by atoms with E-state index in [0.717, 1.165) is 11.4 Å². The number of rotatable bonds is 6. The average molecular weight is 273 g/mol. The lowest BCUT2D eigenvalue weighted by atomic mass is 9.98. The molecule has 1 unspecified atom stereocenters. The largest absolute Gasteiger partial charge is 0.480 e. The number of hydrogen-bond acceptors (Lipinski definition) is 3. The number of benzene rings is 1. The molecule has 0 aliphatic carbocycles. The number of aliphatic carboxylic acids is 1. The third kappa shape index (κ3) is 2.88. The van der Waals surface area contributed by atoms with Crippen LogP contribution >= 0.6 is 0 Å². The van der Waals surface area contributed by atoms with Gasteiger partial charge in [-0.2, -0.15) is 0 Å². The number of aryl methyl sites for hydroxylation is 1. The van der Waals surface area contributed by atoms with E-state index in [-0.39, 0.29) is 0 Å². The van der Waals surface area contributed by atoms with Gasteiger partial charge in [0.25, 0.3) is 0 Å². The standard InChI is InChI=1S/C15H19N3O2/c1-15(16-2,14(19)20)8-10-18-11-9-17-13(18)12-6-4-3-5-7-12/h3-7,9,11,16H,8,10H2,1-2H3,(H,19,20). The minimum absolute atomic E-state index is 0.481. The lowest BCUT2D eigenvalue weighted by Crippen LogP contribution is -2.48. The molecule has 1 heterocycles. The number of hydrogen-bond donors (Lipinski definition) is 2. The summed E-state index contributed by atoms with van der Waals surface area (Å²) in [6.07, 6.45) is 4.09. The van der Waals surface area contributed by atoms with Gasteiger partial charge in [0, 0.05) is 24.5 Å². The van der Waals surface area contributed by atoms with E-state index in [9.17, 15) is 9.90 Å². The fourth-order valence-corrected chi connectivity index (χ4v) is 2.02. The highest BCUT2D eigenvalue weighted by Gasteiger charge is 2.30. The maximum absolute atomic E-state index is 11.3. The summed E-state index contributed by atoms with van der Waals surface area (Å²) < 4.78 is 1.98. The SMILES string of the molecule is CNC(C)(CCn1ccnc1-c1ccccc1)C(=O)O. The van der Waals surface area contributed by atoms with Crippen molar-refractivity contribution in [2.45, 2.75) is 25.4 Å². The van der Waals surface area contributed by atoms with Crippen LogP contribution in [0.15, 0.2) is 42.7 Å². The van der Waals surface area contributed by atoms with Crippen LogP contribution in [0, 0.1) is 0 Å². The number of carbonyl (C=O) groups is 1. The number of likely N-dealkylation sites (N-methyl/N-ethyl adjacent to an activating group) is 1. The van der Waals surface area contributed by atoms with Gasteiger partial charge in [-0.05, 0) is 20.4 Å². The summed E-state index contributed by atoms with van der Waals surface area (Å²) in [6.45, 7) is 2.28. The predicted molar refractivity (Wildman–Crippen MR) is 77.4 cm³/mol. The minimum atomic E-state index is -0.932. The first kappa shape index (κ1) is 14.3. The van der Waals surface area contributed by atoms with Crippen molar-refractivity contribution in [2.24, 2.45) is 0 Å². The van der Waals surface area contributed by atoms with Gasteiger partial charge < -0.3 is 15.0 Å². The first-order chi connectivity index (χ1) is 9.57. The lowest BCUT2D eigenvalue weighted by molar-refractivity contribution is -0.144. The molecule has 1 aromatic heterocycles. The molecule has 0 spiro atoms. The molecule has 0 aliphatic rings. The van der Waals surface area contributed by atoms with Gasteiger partial charge in [-0.25, -0.2) is 4.98 Å². The molecular weight excluding hydrogens is 254 g/mol. The van der Waals surface area contributed by atoms with E-state index in [4.69, 9.17) is 0 Å². The van der Waals surface area contributed by atoms with Gasteiger partial charge in [-0.1, -0.05) is 30.3 Å². The van der Waals surface area contributed by atoms with Crippen LogP contribution < -0.4 is 5.32 Å². The number of nitrogens with one attached hydrogen (secondary N) is 1. The summed E-state index contributed by atoms with van der Waals surface area (Å²) in [6, 6.07) is 9.87. The van der Waals surface area contributed by atoms with Crippen LogP contribution in [-0.2, 0) is 11.3 Å². The van der Waals surface area contributed by atoms with E-state index in [1.54, 1.807) is 20.2 Å². The van der Waals surface area contributed by atoms with E-state index in [1.807, 2.05) is 41.1 Å². The Morgan fingerprint density at radius 2 is 2.10 bits per heavy atom. The normalized spacial score (nSPS) is 13.9. The number of imidazole rings is 1. The molecular formula is C15H19N3O2. The Morgan fingerprint density at radius 3 is 2.70 bits per heavy atom. The smallest absolute Gasteiger partial charge is 0.323 e. The number of nitrogens with zero attached hydrogens (tertiary/aromatic N) is 2. The first-order valence-corrected chi connectivity index (χ1v) is 6.56. The molecule has 5 nitrogen and oxygen atoms in total. The van der Waals surface area contributed by atoms with Crippen molar-refractivity contribution >= 4 is 5.97 Å². The second-order valence-corrected chi connectivity index (χ2v) is 4.95. The zero-order chi connectivity index (χ0) is 14.6. The number of carboxylic acid groups (broad SMARTS) is 1. The van der Waals surface area contributed by atoms with Crippen LogP contribution in [0.2, 0.25) is 0 Å². The third-order valence-corrected chi connectivity index (χ3v) is 3.62. The maximum Gasteiger partial charge on any atom is 0.323 e. The van der Waals surface area contributed by atoms with E-state index < -0.39 is 11.5 Å². The van der Waals surface area contributed by atoms with E-state index in [1.165, 1.54) is 0 Å². The van der Waals surface area contributed by atoms with E-state index in [0.29, 0.717) is 13.0 Å². The fraction of sp³-hybridized carbons (Fsp3) is 0.333. The van der Waals surface area contributed by atoms with Gasteiger partial charge in [-0.3, -0.25) is 4.79 Å². The summed E-state index contributed by atoms with van der Waals surface area (Å²) in [5.41, 5.74) is 0.0945. The topological polar surface area (TPSA) is 67.2 Å². The average Bonchev–Trinajstić information content (AvgIpc) is 2.94. The molecule has 2 rings (SSSR count). The highest BCUT2D eigenvalue weighted by atomic mass is 16.4. The summed E-state index contributed by atoms with van der Waals surface area (Å²) in [5, 5.41) is 12.1. The molecule has 20 heavy (non-hydrogen) atoms. The molecule has 2 N–H and O–H groups in total. The summed E-state index contributed by atoms with van der Waals surface area (Å²) in [7, 11) is 1.67. The van der Waals surface area contributed by atoms with Crippen LogP contribution in [0.4, 0.5) is 0 Å². The van der Waals surface area contributed by atoms with Gasteiger partial charge in [0.2, 0.25) is 0 Å². The summed E-state index contributed by atoms with van der Waals surface area (Å²) in [4.78, 5) is 15.6. The first-order valence-electron chi connectivity index (χ1n) is 6.56. The Morgan fingerprint density at radius 1 is 1.40 bits per heavy atom. The van der Waals surface area contributed by atoms with E-state index >= 15 is 0 Å². The van der Waals surface area contributed by atoms with Crippen molar-refractivity contribution in [3.05, 3.63) is 42.7 Å². The highest BCUT2D eigenvalue weighted by Crippen LogP contribution is 2.19. The molecule has 0 saturated heterocycles. The molecule has 0 aliphatic heterocycles. The Balaban J connectivity index is 2.16. The van der Waals surface area contributed by atoms with Crippen LogP contribution in [-0.4, -0.2) is 33.2 Å². The fourth-order valence-electron chi connectivity index (χ4n) is 2.02. The third-order valence-electron chi connectivity index (χ3n) is 3.62. The van der Waals surface area contributed by atoms with Crippen molar-refractivity contribution in [1.82, 2.24) is 14.9 Å². The quantitative estimate of drug-likeness (QED) is 0.844. The van der Waals surface area contributed by atoms with Gasteiger partial charge in [-0.15, -0.1) is 0 Å². The predicted octanol–water partition coefficient (Wildman–Crippen LogP) is 2.00. The van der Waals surface area contributed by atoms with Gasteiger partial charge in [0.15, 0.2) is 0 Å². The molecule has 106 valence electrons. The van der Waals surface area contributed by atoms with Crippen molar-refractivity contribution in [3.63, 3.8) is 0 Å². The second kappa shape index (κ2) is 5.88. The Hall–Kier alpha value is -2.14. The van der Waals surface area contributed by atoms with Crippen molar-refractivity contribution in [2.75, 3.05) is 7.05 Å². The molecule has 1 atom stereocenters. The highest BCUT2D eigenvalue weighted by molar-refractivity contribution is 5.78. The zero-order valence-electron chi connectivity index (χ0n) is 11.7. The van der Waals surface area contributed by atoms with Crippen LogP contribution in [0.3, 0.4) is 0 Å². The monoisotopic (exact) mass is 273 g/mol. The Kier molecular flexibility index (Phi) is 4.20. The summed E-state index contributed by atoms with van der Waals surface area (Å²) >= 11 is 0. The zero-order valence-corrected chi connectivity index (χ0v) is 11.7. The van der Waals surface area contributed by atoms with Crippen molar-refractivity contribution in [3.8, 4) is 11.4 Å². The molecule has 2 aromatic rings. The van der Waals surface area contributed by atoms with Gasteiger partial charge >= 0.3 is 5.97 Å². The second-order valence-electron chi connectivity index (χ2n) is 4.95. The van der Waals surface area contributed by atoms with Gasteiger partial charge in [0.05, 0.1) is 0 Å². The molecule has 0 bridgehead atoms.